The van der Waals surface area contributed by atoms with E-state index in [1.807, 2.05) is 11.8 Å². The number of carbonyl (C=O) groups excluding carboxylic acids is 1. The second kappa shape index (κ2) is 4.72. The van der Waals surface area contributed by atoms with Gasteiger partial charge in [0.05, 0.1) is 13.5 Å². The number of rotatable bonds is 2. The van der Waals surface area contributed by atoms with Gasteiger partial charge >= 0.3 is 5.97 Å². The van der Waals surface area contributed by atoms with Gasteiger partial charge in [-0.1, -0.05) is 0 Å². The number of hydrogen-bond acceptors (Lipinski definition) is 4. The molecule has 1 saturated heterocycles. The lowest BCUT2D eigenvalue weighted by molar-refractivity contribution is -0.141. The molecule has 0 amide bonds. The third-order valence-electron chi connectivity index (χ3n) is 2.15. The second-order valence-corrected chi connectivity index (χ2v) is 4.14. The van der Waals surface area contributed by atoms with E-state index in [0.717, 1.165) is 12.3 Å². The third kappa shape index (κ3) is 2.68. The van der Waals surface area contributed by atoms with Crippen LogP contribution in [0.1, 0.15) is 6.42 Å². The molecule has 0 bridgehead atoms. The Hall–Kier alpha value is -0.220. The first-order chi connectivity index (χ1) is 5.74. The molecule has 0 aliphatic carbocycles. The van der Waals surface area contributed by atoms with Gasteiger partial charge in [-0.3, -0.25) is 4.79 Å². The Morgan fingerprint density at radius 2 is 2.50 bits per heavy atom. The van der Waals surface area contributed by atoms with Crippen LogP contribution in [0.25, 0.3) is 0 Å². The van der Waals surface area contributed by atoms with Crippen LogP contribution in [0.2, 0.25) is 0 Å². The number of carbonyl (C=O) groups is 1. The van der Waals surface area contributed by atoms with E-state index in [0.29, 0.717) is 12.5 Å². The maximum Gasteiger partial charge on any atom is 0.307 e. The van der Waals surface area contributed by atoms with Gasteiger partial charge in [0.2, 0.25) is 0 Å². The summed E-state index contributed by atoms with van der Waals surface area (Å²) in [7, 11) is 3.51. The SMILES string of the molecule is COC(=O)CC1CSCCN1C. The fourth-order valence-electron chi connectivity index (χ4n) is 1.23. The Morgan fingerprint density at radius 1 is 1.75 bits per heavy atom. The highest BCUT2D eigenvalue weighted by atomic mass is 32.2. The molecule has 70 valence electrons. The molecule has 0 aromatic rings. The Labute approximate surface area is 77.4 Å². The van der Waals surface area contributed by atoms with Gasteiger partial charge in [-0.2, -0.15) is 11.8 Å². The van der Waals surface area contributed by atoms with Gasteiger partial charge in [0, 0.05) is 24.1 Å². The summed E-state index contributed by atoms with van der Waals surface area (Å²) in [5.41, 5.74) is 0. The molecule has 1 heterocycles. The quantitative estimate of drug-likeness (QED) is 0.595. The van der Waals surface area contributed by atoms with Gasteiger partial charge < -0.3 is 9.64 Å². The summed E-state index contributed by atoms with van der Waals surface area (Å²) >= 11 is 1.91. The number of thioether (sulfide) groups is 1. The van der Waals surface area contributed by atoms with Crippen molar-refractivity contribution in [3.05, 3.63) is 0 Å². The van der Waals surface area contributed by atoms with Gasteiger partial charge in [-0.25, -0.2) is 0 Å². The average Bonchev–Trinajstić information content (AvgIpc) is 2.09. The summed E-state index contributed by atoms with van der Waals surface area (Å²) in [4.78, 5) is 13.2. The minimum absolute atomic E-state index is 0.102. The van der Waals surface area contributed by atoms with Crippen molar-refractivity contribution in [2.75, 3.05) is 32.2 Å². The molecule has 4 heteroatoms. The van der Waals surface area contributed by atoms with Crippen molar-refractivity contribution in [1.82, 2.24) is 4.90 Å². The van der Waals surface area contributed by atoms with Gasteiger partial charge in [-0.15, -0.1) is 0 Å². The van der Waals surface area contributed by atoms with E-state index in [4.69, 9.17) is 0 Å². The minimum Gasteiger partial charge on any atom is -0.469 e. The van der Waals surface area contributed by atoms with E-state index in [-0.39, 0.29) is 5.97 Å². The lowest BCUT2D eigenvalue weighted by Crippen LogP contribution is -2.40. The maximum atomic E-state index is 11.0. The van der Waals surface area contributed by atoms with Crippen molar-refractivity contribution in [3.8, 4) is 0 Å². The van der Waals surface area contributed by atoms with Crippen LogP contribution in [0.3, 0.4) is 0 Å². The van der Waals surface area contributed by atoms with Gasteiger partial charge in [0.15, 0.2) is 0 Å². The molecule has 0 aromatic heterocycles. The molecule has 0 spiro atoms. The maximum absolute atomic E-state index is 11.0. The van der Waals surface area contributed by atoms with E-state index in [9.17, 15) is 4.79 Å². The lowest BCUT2D eigenvalue weighted by atomic mass is 10.2. The van der Waals surface area contributed by atoms with Crippen molar-refractivity contribution >= 4 is 17.7 Å². The first kappa shape index (κ1) is 9.86. The van der Waals surface area contributed by atoms with Crippen LogP contribution >= 0.6 is 11.8 Å². The minimum atomic E-state index is -0.102. The molecule has 1 rings (SSSR count). The largest absolute Gasteiger partial charge is 0.469 e. The first-order valence-corrected chi connectivity index (χ1v) is 5.24. The topological polar surface area (TPSA) is 29.5 Å². The zero-order valence-corrected chi connectivity index (χ0v) is 8.39. The third-order valence-corrected chi connectivity index (χ3v) is 3.24. The van der Waals surface area contributed by atoms with Crippen molar-refractivity contribution in [2.45, 2.75) is 12.5 Å². The Kier molecular flexibility index (Phi) is 3.88. The molecule has 3 nitrogen and oxygen atoms in total. The average molecular weight is 189 g/mol. The predicted octanol–water partition coefficient (Wildman–Crippen LogP) is 0.597. The fourth-order valence-corrected chi connectivity index (χ4v) is 2.46. The van der Waals surface area contributed by atoms with Crippen molar-refractivity contribution in [3.63, 3.8) is 0 Å². The van der Waals surface area contributed by atoms with Crippen LogP contribution in [0, 0.1) is 0 Å². The molecule has 0 radical (unpaired) electrons. The van der Waals surface area contributed by atoms with Crippen LogP contribution in [0.5, 0.6) is 0 Å². The van der Waals surface area contributed by atoms with Gasteiger partial charge in [-0.05, 0) is 7.05 Å². The van der Waals surface area contributed by atoms with Crippen molar-refractivity contribution in [2.24, 2.45) is 0 Å². The van der Waals surface area contributed by atoms with Gasteiger partial charge in [0.1, 0.15) is 0 Å². The molecule has 0 aromatic carbocycles. The first-order valence-electron chi connectivity index (χ1n) is 4.09. The Bertz CT molecular complexity index is 163. The molecule has 1 atom stereocenters. The van der Waals surface area contributed by atoms with Crippen LogP contribution in [-0.2, 0) is 9.53 Å². The number of methoxy groups -OCH3 is 1. The van der Waals surface area contributed by atoms with E-state index in [2.05, 4.69) is 16.7 Å². The van der Waals surface area contributed by atoms with E-state index in [1.54, 1.807) is 0 Å². The fraction of sp³-hybridized carbons (Fsp3) is 0.875. The summed E-state index contributed by atoms with van der Waals surface area (Å²) in [5, 5.41) is 0. The van der Waals surface area contributed by atoms with Crippen LogP contribution in [0.15, 0.2) is 0 Å². The number of nitrogens with zero attached hydrogens (tertiary/aromatic N) is 1. The number of esters is 1. The summed E-state index contributed by atoms with van der Waals surface area (Å²) in [6, 6.07) is 0.371. The molecular formula is C8H15NO2S. The zero-order valence-electron chi connectivity index (χ0n) is 7.58. The van der Waals surface area contributed by atoms with E-state index >= 15 is 0 Å². The normalized spacial score (nSPS) is 25.3. The lowest BCUT2D eigenvalue weighted by Gasteiger charge is -2.31. The van der Waals surface area contributed by atoms with Crippen LogP contribution < -0.4 is 0 Å². The highest BCUT2D eigenvalue weighted by Gasteiger charge is 2.21. The molecular weight excluding hydrogens is 174 g/mol. The van der Waals surface area contributed by atoms with Crippen LogP contribution in [-0.4, -0.2) is 49.1 Å². The highest BCUT2D eigenvalue weighted by Crippen LogP contribution is 2.17. The molecule has 0 saturated carbocycles. The Morgan fingerprint density at radius 3 is 3.08 bits per heavy atom. The summed E-state index contributed by atoms with van der Waals surface area (Å²) < 4.78 is 4.63. The summed E-state index contributed by atoms with van der Waals surface area (Å²) in [5.74, 6) is 2.12. The summed E-state index contributed by atoms with van der Waals surface area (Å²) in [6.07, 6.45) is 0.528. The zero-order chi connectivity index (χ0) is 8.97. The van der Waals surface area contributed by atoms with Crippen molar-refractivity contribution < 1.29 is 9.53 Å². The van der Waals surface area contributed by atoms with E-state index in [1.165, 1.54) is 12.9 Å². The smallest absolute Gasteiger partial charge is 0.307 e. The van der Waals surface area contributed by atoms with Crippen molar-refractivity contribution in [1.29, 1.82) is 0 Å². The molecule has 1 fully saturated rings. The van der Waals surface area contributed by atoms with Gasteiger partial charge in [0.25, 0.3) is 0 Å². The summed E-state index contributed by atoms with van der Waals surface area (Å²) in [6.45, 7) is 1.08. The molecule has 0 N–H and O–H groups in total. The molecule has 1 aliphatic heterocycles. The standard InChI is InChI=1S/C8H15NO2S/c1-9-3-4-12-6-7(9)5-8(10)11-2/h7H,3-6H2,1-2H3. The predicted molar refractivity (Wildman–Crippen MR) is 50.4 cm³/mol. The molecule has 1 unspecified atom stereocenters. The second-order valence-electron chi connectivity index (χ2n) is 2.99. The molecule has 12 heavy (non-hydrogen) atoms. The monoisotopic (exact) mass is 189 g/mol. The number of hydrogen-bond donors (Lipinski definition) is 0. The highest BCUT2D eigenvalue weighted by molar-refractivity contribution is 7.99. The molecule has 1 aliphatic rings. The van der Waals surface area contributed by atoms with E-state index < -0.39 is 0 Å². The Balaban J connectivity index is 2.33. The van der Waals surface area contributed by atoms with Crippen LogP contribution in [0.4, 0.5) is 0 Å². The number of ether oxygens (including phenoxy) is 1.